The molecule has 1 amide bonds. The molecular weight excluding hydrogens is 378 g/mol. The van der Waals surface area contributed by atoms with Gasteiger partial charge in [0.2, 0.25) is 5.91 Å². The molecule has 0 unspecified atom stereocenters. The molecule has 2 aromatic heterocycles. The predicted octanol–water partition coefficient (Wildman–Crippen LogP) is 3.49. The topological polar surface area (TPSA) is 116 Å². The van der Waals surface area contributed by atoms with Crippen molar-refractivity contribution in [1.29, 1.82) is 0 Å². The third-order valence-corrected chi connectivity index (χ3v) is 5.47. The highest BCUT2D eigenvalue weighted by atomic mass is 32.2. The molecule has 0 aliphatic heterocycles. The molecular formula is C19H15N5O3S. The molecule has 0 saturated carbocycles. The van der Waals surface area contributed by atoms with E-state index in [0.29, 0.717) is 16.5 Å². The van der Waals surface area contributed by atoms with Crippen molar-refractivity contribution in [2.45, 2.75) is 17.8 Å². The number of amides is 1. The standard InChI is InChI=1S/C19H15N5O3S/c1-11-8-17-21-22-19(23(17)15-5-3-2-4-14(11)15)28-10-13-7-6-12(18(20)25)9-16(13)24(26)27/h2-9H,10H2,1H3,(H2,20,25). The number of carbonyl (C=O) groups excluding carboxylic acids is 1. The van der Waals surface area contributed by atoms with Gasteiger partial charge in [-0.15, -0.1) is 10.2 Å². The molecule has 9 heteroatoms. The lowest BCUT2D eigenvalue weighted by Crippen LogP contribution is -2.11. The van der Waals surface area contributed by atoms with Crippen LogP contribution in [0.15, 0.2) is 53.7 Å². The van der Waals surface area contributed by atoms with Gasteiger partial charge in [-0.25, -0.2) is 0 Å². The number of nitrogens with two attached hydrogens (primary N) is 1. The van der Waals surface area contributed by atoms with Crippen LogP contribution in [0.1, 0.15) is 21.5 Å². The first-order valence-corrected chi connectivity index (χ1v) is 9.37. The summed E-state index contributed by atoms with van der Waals surface area (Å²) >= 11 is 1.34. The summed E-state index contributed by atoms with van der Waals surface area (Å²) in [4.78, 5) is 22.2. The first-order valence-electron chi connectivity index (χ1n) is 8.39. The van der Waals surface area contributed by atoms with Gasteiger partial charge < -0.3 is 5.73 Å². The minimum Gasteiger partial charge on any atom is -0.366 e. The van der Waals surface area contributed by atoms with Crippen molar-refractivity contribution in [3.8, 4) is 0 Å². The van der Waals surface area contributed by atoms with Crippen LogP contribution in [0.5, 0.6) is 0 Å². The summed E-state index contributed by atoms with van der Waals surface area (Å²) in [6, 6.07) is 14.2. The number of nitro groups is 1. The number of thioether (sulfide) groups is 1. The van der Waals surface area contributed by atoms with Crippen LogP contribution >= 0.6 is 11.8 Å². The molecule has 0 saturated heterocycles. The van der Waals surface area contributed by atoms with E-state index >= 15 is 0 Å². The van der Waals surface area contributed by atoms with Crippen molar-refractivity contribution in [3.63, 3.8) is 0 Å². The zero-order chi connectivity index (χ0) is 19.8. The highest BCUT2D eigenvalue weighted by molar-refractivity contribution is 7.98. The van der Waals surface area contributed by atoms with Crippen molar-refractivity contribution < 1.29 is 9.72 Å². The Labute approximate surface area is 163 Å². The third kappa shape index (κ3) is 3.05. The van der Waals surface area contributed by atoms with E-state index < -0.39 is 10.8 Å². The van der Waals surface area contributed by atoms with Crippen molar-refractivity contribution in [2.75, 3.05) is 0 Å². The Kier molecular flexibility index (Phi) is 4.44. The van der Waals surface area contributed by atoms with Crippen LogP contribution in [0, 0.1) is 17.0 Å². The van der Waals surface area contributed by atoms with Crippen LogP contribution in [0.2, 0.25) is 0 Å². The lowest BCUT2D eigenvalue weighted by molar-refractivity contribution is -0.385. The van der Waals surface area contributed by atoms with Crippen LogP contribution in [0.3, 0.4) is 0 Å². The molecule has 2 aromatic carbocycles. The Balaban J connectivity index is 1.73. The van der Waals surface area contributed by atoms with Crippen LogP contribution in [0.25, 0.3) is 16.6 Å². The SMILES string of the molecule is Cc1cc2nnc(SCc3ccc(C(N)=O)cc3[N+](=O)[O-])n2c2ccccc12. The number of fused-ring (bicyclic) bond motifs is 3. The molecule has 4 aromatic rings. The molecule has 2 heterocycles. The van der Waals surface area contributed by atoms with E-state index in [0.717, 1.165) is 22.1 Å². The minimum atomic E-state index is -0.701. The van der Waals surface area contributed by atoms with Gasteiger partial charge in [-0.1, -0.05) is 36.0 Å². The largest absolute Gasteiger partial charge is 0.366 e. The monoisotopic (exact) mass is 393 g/mol. The van der Waals surface area contributed by atoms with E-state index in [2.05, 4.69) is 10.2 Å². The third-order valence-electron chi connectivity index (χ3n) is 4.50. The second-order valence-electron chi connectivity index (χ2n) is 6.27. The number of aromatic nitrogens is 3. The van der Waals surface area contributed by atoms with Crippen molar-refractivity contribution in [2.24, 2.45) is 5.73 Å². The number of hydrogen-bond acceptors (Lipinski definition) is 6. The number of aryl methyl sites for hydroxylation is 1. The van der Waals surface area contributed by atoms with E-state index in [1.165, 1.54) is 23.9 Å². The van der Waals surface area contributed by atoms with Gasteiger partial charge in [0.1, 0.15) is 0 Å². The fourth-order valence-corrected chi connectivity index (χ4v) is 4.07. The van der Waals surface area contributed by atoms with Gasteiger partial charge in [0.15, 0.2) is 10.8 Å². The Hall–Kier alpha value is -3.46. The van der Waals surface area contributed by atoms with E-state index in [9.17, 15) is 14.9 Å². The molecule has 140 valence electrons. The fraction of sp³-hybridized carbons (Fsp3) is 0.105. The summed E-state index contributed by atoms with van der Waals surface area (Å²) < 4.78 is 1.94. The average Bonchev–Trinajstić information content (AvgIpc) is 3.09. The molecule has 0 fully saturated rings. The number of nitro benzene ring substituents is 1. The molecule has 0 spiro atoms. The Morgan fingerprint density at radius 2 is 2.00 bits per heavy atom. The quantitative estimate of drug-likeness (QED) is 0.315. The van der Waals surface area contributed by atoms with Gasteiger partial charge in [0.25, 0.3) is 5.69 Å². The average molecular weight is 393 g/mol. The highest BCUT2D eigenvalue weighted by Gasteiger charge is 2.18. The molecule has 0 bridgehead atoms. The smallest absolute Gasteiger partial charge is 0.274 e. The number of para-hydroxylation sites is 1. The number of primary amides is 1. The van der Waals surface area contributed by atoms with Gasteiger partial charge in [-0.05, 0) is 30.7 Å². The Morgan fingerprint density at radius 1 is 1.21 bits per heavy atom. The first kappa shape index (κ1) is 17.9. The van der Waals surface area contributed by atoms with Crippen LogP contribution in [-0.4, -0.2) is 25.4 Å². The highest BCUT2D eigenvalue weighted by Crippen LogP contribution is 2.30. The van der Waals surface area contributed by atoms with E-state index in [4.69, 9.17) is 5.73 Å². The van der Waals surface area contributed by atoms with Crippen LogP contribution in [-0.2, 0) is 5.75 Å². The summed E-state index contributed by atoms with van der Waals surface area (Å²) in [6.07, 6.45) is 0. The first-order chi connectivity index (χ1) is 13.5. The van der Waals surface area contributed by atoms with Crippen LogP contribution in [0.4, 0.5) is 5.69 Å². The predicted molar refractivity (Wildman–Crippen MR) is 106 cm³/mol. The zero-order valence-corrected chi connectivity index (χ0v) is 15.6. The van der Waals surface area contributed by atoms with Gasteiger partial charge in [-0.2, -0.15) is 0 Å². The molecule has 0 radical (unpaired) electrons. The molecule has 28 heavy (non-hydrogen) atoms. The van der Waals surface area contributed by atoms with Gasteiger partial charge in [0.05, 0.1) is 10.4 Å². The normalized spacial score (nSPS) is 11.2. The maximum Gasteiger partial charge on any atom is 0.274 e. The lowest BCUT2D eigenvalue weighted by atomic mass is 10.1. The summed E-state index contributed by atoms with van der Waals surface area (Å²) in [5.74, 6) is -0.397. The van der Waals surface area contributed by atoms with Gasteiger partial charge >= 0.3 is 0 Å². The number of rotatable bonds is 5. The zero-order valence-electron chi connectivity index (χ0n) is 14.8. The summed E-state index contributed by atoms with van der Waals surface area (Å²) in [6.45, 7) is 2.02. The van der Waals surface area contributed by atoms with Crippen molar-refractivity contribution >= 4 is 39.9 Å². The van der Waals surface area contributed by atoms with E-state index in [1.807, 2.05) is 41.7 Å². The number of nitrogens with zero attached hydrogens (tertiary/aromatic N) is 4. The van der Waals surface area contributed by atoms with E-state index in [-0.39, 0.29) is 11.3 Å². The number of pyridine rings is 1. The fourth-order valence-electron chi connectivity index (χ4n) is 3.12. The Morgan fingerprint density at radius 3 is 2.75 bits per heavy atom. The molecule has 0 aliphatic carbocycles. The maximum atomic E-state index is 11.4. The Bertz CT molecular complexity index is 1250. The van der Waals surface area contributed by atoms with E-state index in [1.54, 1.807) is 6.07 Å². The number of benzene rings is 2. The molecule has 2 N–H and O–H groups in total. The van der Waals surface area contributed by atoms with Gasteiger partial charge in [-0.3, -0.25) is 19.3 Å². The summed E-state index contributed by atoms with van der Waals surface area (Å²) in [7, 11) is 0. The lowest BCUT2D eigenvalue weighted by Gasteiger charge is -2.08. The molecule has 0 aliphatic rings. The second kappa shape index (κ2) is 6.93. The van der Waals surface area contributed by atoms with Gasteiger partial charge in [0, 0.05) is 28.3 Å². The maximum absolute atomic E-state index is 11.4. The summed E-state index contributed by atoms with van der Waals surface area (Å²) in [5.41, 5.74) is 8.47. The molecule has 8 nitrogen and oxygen atoms in total. The van der Waals surface area contributed by atoms with Crippen molar-refractivity contribution in [1.82, 2.24) is 14.6 Å². The molecule has 0 atom stereocenters. The number of hydrogen-bond donors (Lipinski definition) is 1. The van der Waals surface area contributed by atoms with Crippen molar-refractivity contribution in [3.05, 3.63) is 75.3 Å². The second-order valence-corrected chi connectivity index (χ2v) is 7.22. The minimum absolute atomic E-state index is 0.106. The summed E-state index contributed by atoms with van der Waals surface area (Å²) in [5, 5.41) is 21.6. The van der Waals surface area contributed by atoms with Crippen LogP contribution < -0.4 is 5.73 Å². The molecule has 4 rings (SSSR count). The number of carbonyl (C=O) groups is 1.